The Kier molecular flexibility index (Phi) is 4.30. The minimum absolute atomic E-state index is 0.0936. The van der Waals surface area contributed by atoms with Gasteiger partial charge in [0, 0.05) is 25.2 Å². The van der Waals surface area contributed by atoms with Crippen LogP contribution in [0.4, 0.5) is 0 Å². The number of hydrogen-bond acceptors (Lipinski definition) is 6. The molecule has 0 radical (unpaired) electrons. The van der Waals surface area contributed by atoms with E-state index in [1.807, 2.05) is 30.0 Å². The Hall–Kier alpha value is -2.61. The SMILES string of the molecule is Cc1c(C(=O)N2CCC(N)C(C)(C)C2)nnn1-c1ccc2c(c1)OCCO2. The van der Waals surface area contributed by atoms with Crippen LogP contribution in [0.25, 0.3) is 5.69 Å². The zero-order valence-electron chi connectivity index (χ0n) is 15.9. The van der Waals surface area contributed by atoms with Gasteiger partial charge in [0.25, 0.3) is 5.91 Å². The first-order valence-corrected chi connectivity index (χ1v) is 9.24. The summed E-state index contributed by atoms with van der Waals surface area (Å²) in [5.41, 5.74) is 7.92. The van der Waals surface area contributed by atoms with Crippen molar-refractivity contribution in [3.8, 4) is 17.2 Å². The number of carbonyl (C=O) groups excluding carboxylic acids is 1. The fourth-order valence-corrected chi connectivity index (χ4v) is 3.63. The smallest absolute Gasteiger partial charge is 0.276 e. The summed E-state index contributed by atoms with van der Waals surface area (Å²) in [6.07, 6.45) is 0.786. The third kappa shape index (κ3) is 3.14. The first kappa shape index (κ1) is 17.8. The van der Waals surface area contributed by atoms with Crippen LogP contribution in [0, 0.1) is 12.3 Å². The van der Waals surface area contributed by atoms with Crippen molar-refractivity contribution in [3.05, 3.63) is 29.6 Å². The zero-order valence-corrected chi connectivity index (χ0v) is 15.9. The van der Waals surface area contributed by atoms with E-state index in [0.717, 1.165) is 12.1 Å². The molecule has 2 aromatic rings. The number of ether oxygens (including phenoxy) is 2. The second-order valence-corrected chi connectivity index (χ2v) is 7.87. The molecule has 1 amide bonds. The highest BCUT2D eigenvalue weighted by molar-refractivity contribution is 5.93. The van der Waals surface area contributed by atoms with E-state index in [2.05, 4.69) is 24.2 Å². The molecule has 1 saturated heterocycles. The number of benzene rings is 1. The van der Waals surface area contributed by atoms with Gasteiger partial charge in [0.15, 0.2) is 17.2 Å². The van der Waals surface area contributed by atoms with Crippen molar-refractivity contribution in [2.45, 2.75) is 33.2 Å². The maximum absolute atomic E-state index is 13.0. The molecule has 0 bridgehead atoms. The van der Waals surface area contributed by atoms with Crippen LogP contribution in [-0.4, -0.2) is 58.1 Å². The summed E-state index contributed by atoms with van der Waals surface area (Å²) in [5.74, 6) is 1.29. The van der Waals surface area contributed by atoms with Crippen molar-refractivity contribution >= 4 is 5.91 Å². The molecular formula is C19H25N5O3. The van der Waals surface area contributed by atoms with E-state index in [9.17, 15) is 4.79 Å². The first-order chi connectivity index (χ1) is 12.9. The number of amides is 1. The van der Waals surface area contributed by atoms with Gasteiger partial charge in [-0.2, -0.15) is 0 Å². The van der Waals surface area contributed by atoms with Gasteiger partial charge in [0.1, 0.15) is 13.2 Å². The second kappa shape index (κ2) is 6.53. The molecule has 3 heterocycles. The van der Waals surface area contributed by atoms with Crippen LogP contribution in [0.3, 0.4) is 0 Å². The molecule has 8 heteroatoms. The summed E-state index contributed by atoms with van der Waals surface area (Å²) < 4.78 is 12.8. The molecular weight excluding hydrogens is 346 g/mol. The summed E-state index contributed by atoms with van der Waals surface area (Å²) in [5, 5.41) is 8.36. The Morgan fingerprint density at radius 3 is 2.74 bits per heavy atom. The molecule has 1 atom stereocenters. The average molecular weight is 371 g/mol. The zero-order chi connectivity index (χ0) is 19.2. The van der Waals surface area contributed by atoms with Crippen molar-refractivity contribution < 1.29 is 14.3 Å². The molecule has 0 saturated carbocycles. The molecule has 2 N–H and O–H groups in total. The molecule has 4 rings (SSSR count). The molecule has 1 aromatic heterocycles. The maximum atomic E-state index is 13.0. The molecule has 8 nitrogen and oxygen atoms in total. The lowest BCUT2D eigenvalue weighted by Crippen LogP contribution is -2.54. The van der Waals surface area contributed by atoms with Crippen molar-refractivity contribution in [2.75, 3.05) is 26.3 Å². The molecule has 0 aliphatic carbocycles. The van der Waals surface area contributed by atoms with Crippen LogP contribution in [-0.2, 0) is 0 Å². The van der Waals surface area contributed by atoms with Gasteiger partial charge in [-0.1, -0.05) is 19.1 Å². The van der Waals surface area contributed by atoms with Gasteiger partial charge < -0.3 is 20.1 Å². The standard InChI is InChI=1S/C19H25N5O3/c1-12-17(18(25)23-7-6-16(20)19(2,3)11-23)21-22-24(12)13-4-5-14-15(10-13)27-9-8-26-14/h4-5,10,16H,6-9,11,20H2,1-3H3. The van der Waals surface area contributed by atoms with Crippen molar-refractivity contribution in [1.82, 2.24) is 19.9 Å². The van der Waals surface area contributed by atoms with E-state index in [0.29, 0.717) is 49.2 Å². The summed E-state index contributed by atoms with van der Waals surface area (Å²) in [7, 11) is 0. The predicted molar refractivity (Wildman–Crippen MR) is 99.4 cm³/mol. The van der Waals surface area contributed by atoms with Crippen molar-refractivity contribution in [1.29, 1.82) is 0 Å². The van der Waals surface area contributed by atoms with Gasteiger partial charge in [-0.3, -0.25) is 4.79 Å². The topological polar surface area (TPSA) is 95.5 Å². The van der Waals surface area contributed by atoms with Gasteiger partial charge >= 0.3 is 0 Å². The Morgan fingerprint density at radius 1 is 1.26 bits per heavy atom. The minimum Gasteiger partial charge on any atom is -0.486 e. The summed E-state index contributed by atoms with van der Waals surface area (Å²) in [6, 6.07) is 5.68. The number of carbonyl (C=O) groups is 1. The van der Waals surface area contributed by atoms with Gasteiger partial charge in [-0.25, -0.2) is 4.68 Å². The molecule has 1 aromatic carbocycles. The van der Waals surface area contributed by atoms with Gasteiger partial charge in [0.2, 0.25) is 0 Å². The lowest BCUT2D eigenvalue weighted by atomic mass is 9.79. The van der Waals surface area contributed by atoms with E-state index in [1.54, 1.807) is 4.68 Å². The molecule has 27 heavy (non-hydrogen) atoms. The Labute approximate surface area is 158 Å². The van der Waals surface area contributed by atoms with E-state index >= 15 is 0 Å². The summed E-state index contributed by atoms with van der Waals surface area (Å²) >= 11 is 0. The van der Waals surface area contributed by atoms with Gasteiger partial charge in [-0.05, 0) is 30.9 Å². The van der Waals surface area contributed by atoms with Crippen molar-refractivity contribution in [3.63, 3.8) is 0 Å². The van der Waals surface area contributed by atoms with Crippen LogP contribution in [0.2, 0.25) is 0 Å². The fraction of sp³-hybridized carbons (Fsp3) is 0.526. The highest BCUT2D eigenvalue weighted by Crippen LogP contribution is 2.32. The first-order valence-electron chi connectivity index (χ1n) is 9.24. The van der Waals surface area contributed by atoms with Gasteiger partial charge in [0.05, 0.1) is 11.4 Å². The van der Waals surface area contributed by atoms with E-state index in [-0.39, 0.29) is 17.4 Å². The van der Waals surface area contributed by atoms with Crippen LogP contribution < -0.4 is 15.2 Å². The average Bonchev–Trinajstić information content (AvgIpc) is 3.04. The molecule has 1 unspecified atom stereocenters. The lowest BCUT2D eigenvalue weighted by Gasteiger charge is -2.42. The molecule has 144 valence electrons. The number of fused-ring (bicyclic) bond motifs is 1. The monoisotopic (exact) mass is 371 g/mol. The number of piperidine rings is 1. The Balaban J connectivity index is 1.60. The maximum Gasteiger partial charge on any atom is 0.276 e. The third-order valence-electron chi connectivity index (χ3n) is 5.47. The third-order valence-corrected chi connectivity index (χ3v) is 5.47. The molecule has 1 fully saturated rings. The fourth-order valence-electron chi connectivity index (χ4n) is 3.63. The molecule has 2 aliphatic heterocycles. The quantitative estimate of drug-likeness (QED) is 0.860. The van der Waals surface area contributed by atoms with Crippen molar-refractivity contribution in [2.24, 2.45) is 11.1 Å². The van der Waals surface area contributed by atoms with Gasteiger partial charge in [-0.15, -0.1) is 5.10 Å². The summed E-state index contributed by atoms with van der Waals surface area (Å²) in [4.78, 5) is 14.8. The van der Waals surface area contributed by atoms with E-state index in [4.69, 9.17) is 15.2 Å². The molecule has 0 spiro atoms. The summed E-state index contributed by atoms with van der Waals surface area (Å²) in [6.45, 7) is 8.35. The second-order valence-electron chi connectivity index (χ2n) is 7.87. The van der Waals surface area contributed by atoms with Crippen LogP contribution in [0.15, 0.2) is 18.2 Å². The van der Waals surface area contributed by atoms with E-state index < -0.39 is 0 Å². The molecule has 2 aliphatic rings. The number of hydrogen-bond donors (Lipinski definition) is 1. The van der Waals surface area contributed by atoms with Crippen LogP contribution in [0.5, 0.6) is 11.5 Å². The number of nitrogens with two attached hydrogens (primary N) is 1. The highest BCUT2D eigenvalue weighted by Gasteiger charge is 2.36. The Morgan fingerprint density at radius 2 is 2.00 bits per heavy atom. The largest absolute Gasteiger partial charge is 0.486 e. The number of nitrogens with zero attached hydrogens (tertiary/aromatic N) is 4. The van der Waals surface area contributed by atoms with Crippen LogP contribution >= 0.6 is 0 Å². The number of aromatic nitrogens is 3. The predicted octanol–water partition coefficient (Wildman–Crippen LogP) is 1.55. The number of likely N-dealkylation sites (tertiary alicyclic amines) is 1. The van der Waals surface area contributed by atoms with Crippen LogP contribution in [0.1, 0.15) is 36.5 Å². The lowest BCUT2D eigenvalue weighted by molar-refractivity contribution is 0.0526. The number of rotatable bonds is 2. The van der Waals surface area contributed by atoms with E-state index in [1.165, 1.54) is 0 Å². The Bertz CT molecular complexity index is 876. The normalized spacial score (nSPS) is 21.2. The highest BCUT2D eigenvalue weighted by atomic mass is 16.6. The minimum atomic E-state index is -0.117.